The Bertz CT molecular complexity index is 1030. The first kappa shape index (κ1) is 24.1. The molecule has 0 aliphatic heterocycles. The van der Waals surface area contributed by atoms with E-state index in [1.54, 1.807) is 26.8 Å². The lowest BCUT2D eigenvalue weighted by Crippen LogP contribution is -2.42. The normalized spacial score (nSPS) is 19.4. The van der Waals surface area contributed by atoms with E-state index in [-0.39, 0.29) is 28.9 Å². The summed E-state index contributed by atoms with van der Waals surface area (Å²) in [4.78, 5) is 20.2. The van der Waals surface area contributed by atoms with Gasteiger partial charge in [-0.2, -0.15) is 18.4 Å². The molecule has 2 N–H and O–H groups in total. The van der Waals surface area contributed by atoms with Crippen LogP contribution in [0.4, 0.5) is 23.8 Å². The smallest absolute Gasteiger partial charge is 0.407 e. The number of alkyl halides is 3. The summed E-state index contributed by atoms with van der Waals surface area (Å²) < 4.78 is 45.6. The lowest BCUT2D eigenvalue weighted by molar-refractivity contribution is -0.140. The number of alkyl carbamates (subject to hydrolysis) is 1. The van der Waals surface area contributed by atoms with Gasteiger partial charge in [-0.1, -0.05) is 0 Å². The molecule has 0 saturated heterocycles. The van der Waals surface area contributed by atoms with Crippen molar-refractivity contribution < 1.29 is 22.7 Å². The van der Waals surface area contributed by atoms with E-state index < -0.39 is 24.4 Å². The predicted molar refractivity (Wildman–Crippen MR) is 115 cm³/mol. The molecule has 1 aliphatic rings. The SMILES string of the molecule is CC(C)(C)OC(=O)NC1CCC(Nc2ncc3nc(C#N)n(CC(F)(F)F)c3c2Br)CC1. The number of hydrogen-bond donors (Lipinski definition) is 2. The fraction of sp³-hybridized carbons (Fsp3) is 0.600. The van der Waals surface area contributed by atoms with Crippen molar-refractivity contribution >= 4 is 38.9 Å². The minimum Gasteiger partial charge on any atom is -0.444 e. The highest BCUT2D eigenvalue weighted by Crippen LogP contribution is 2.34. The molecule has 174 valence electrons. The van der Waals surface area contributed by atoms with Gasteiger partial charge in [0.25, 0.3) is 0 Å². The maximum Gasteiger partial charge on any atom is 0.407 e. The molecule has 1 fully saturated rings. The fourth-order valence-electron chi connectivity index (χ4n) is 3.66. The van der Waals surface area contributed by atoms with E-state index in [2.05, 4.69) is 36.5 Å². The van der Waals surface area contributed by atoms with Gasteiger partial charge in [-0.15, -0.1) is 0 Å². The molecule has 0 bridgehead atoms. The number of nitrogens with zero attached hydrogens (tertiary/aromatic N) is 4. The van der Waals surface area contributed by atoms with Crippen molar-refractivity contribution in [3.05, 3.63) is 16.5 Å². The molecule has 0 atom stereocenters. The first-order valence-corrected chi connectivity index (χ1v) is 10.9. The summed E-state index contributed by atoms with van der Waals surface area (Å²) in [6.45, 7) is 4.08. The number of amides is 1. The molecule has 2 aromatic heterocycles. The molecule has 2 heterocycles. The van der Waals surface area contributed by atoms with Gasteiger partial charge in [-0.25, -0.2) is 14.8 Å². The molecular formula is C20H24BrF3N6O2. The van der Waals surface area contributed by atoms with Crippen LogP contribution < -0.4 is 10.6 Å². The number of pyridine rings is 1. The van der Waals surface area contributed by atoms with Crippen LogP contribution >= 0.6 is 15.9 Å². The summed E-state index contributed by atoms with van der Waals surface area (Å²) in [7, 11) is 0. The van der Waals surface area contributed by atoms with Gasteiger partial charge in [0.1, 0.15) is 29.5 Å². The van der Waals surface area contributed by atoms with Crippen LogP contribution in [0.5, 0.6) is 0 Å². The van der Waals surface area contributed by atoms with Crippen molar-refractivity contribution in [2.45, 2.75) is 76.9 Å². The largest absolute Gasteiger partial charge is 0.444 e. The number of anilines is 1. The van der Waals surface area contributed by atoms with E-state index >= 15 is 0 Å². The number of carbonyl (C=O) groups is 1. The number of fused-ring (bicyclic) bond motifs is 1. The van der Waals surface area contributed by atoms with Crippen LogP contribution in [0.15, 0.2) is 10.7 Å². The third-order valence-electron chi connectivity index (χ3n) is 4.95. The minimum absolute atomic E-state index is 0.00631. The second-order valence-corrected chi connectivity index (χ2v) is 9.54. The van der Waals surface area contributed by atoms with Crippen LogP contribution in [0.25, 0.3) is 11.0 Å². The number of halogens is 4. The van der Waals surface area contributed by atoms with E-state index in [9.17, 15) is 23.2 Å². The van der Waals surface area contributed by atoms with Crippen LogP contribution in [0, 0.1) is 11.3 Å². The first-order chi connectivity index (χ1) is 14.9. The topological polar surface area (TPSA) is 105 Å². The summed E-state index contributed by atoms with van der Waals surface area (Å²) in [6, 6.07) is 1.73. The Labute approximate surface area is 191 Å². The van der Waals surface area contributed by atoms with Gasteiger partial charge in [0.15, 0.2) is 0 Å². The van der Waals surface area contributed by atoms with Gasteiger partial charge in [0.2, 0.25) is 5.82 Å². The van der Waals surface area contributed by atoms with Crippen molar-refractivity contribution in [1.82, 2.24) is 19.9 Å². The summed E-state index contributed by atoms with van der Waals surface area (Å²) >= 11 is 3.35. The standard InChI is InChI=1S/C20H24BrF3N6O2/c1-19(2,3)32-18(31)28-12-6-4-11(5-7-12)27-17-15(21)16-13(9-26-17)29-14(8-25)30(16)10-20(22,23)24/h9,11-12H,4-7,10H2,1-3H3,(H,26,27)(H,28,31). The molecule has 8 nitrogen and oxygen atoms in total. The number of aromatic nitrogens is 3. The van der Waals surface area contributed by atoms with Crippen LogP contribution in [0.2, 0.25) is 0 Å². The van der Waals surface area contributed by atoms with E-state index in [0.717, 1.165) is 30.3 Å². The molecular weight excluding hydrogens is 493 g/mol. The summed E-state index contributed by atoms with van der Waals surface area (Å²) in [5.41, 5.74) is -0.200. The third kappa shape index (κ3) is 6.03. The molecule has 0 aromatic carbocycles. The minimum atomic E-state index is -4.50. The number of ether oxygens (including phenoxy) is 1. The molecule has 12 heteroatoms. The predicted octanol–water partition coefficient (Wildman–Crippen LogP) is 4.88. The van der Waals surface area contributed by atoms with Gasteiger partial charge in [-0.3, -0.25) is 0 Å². The van der Waals surface area contributed by atoms with Gasteiger partial charge >= 0.3 is 12.3 Å². The van der Waals surface area contributed by atoms with Gasteiger partial charge in [-0.05, 0) is 62.4 Å². The molecule has 32 heavy (non-hydrogen) atoms. The van der Waals surface area contributed by atoms with Crippen LogP contribution in [-0.2, 0) is 11.3 Å². The summed E-state index contributed by atoms with van der Waals surface area (Å²) in [5.74, 6) is 0.0552. The lowest BCUT2D eigenvalue weighted by atomic mass is 9.91. The Morgan fingerprint density at radius 1 is 1.28 bits per heavy atom. The molecule has 1 saturated carbocycles. The highest BCUT2D eigenvalue weighted by atomic mass is 79.9. The zero-order chi connectivity index (χ0) is 23.7. The van der Waals surface area contributed by atoms with Crippen LogP contribution in [-0.4, -0.2) is 44.5 Å². The molecule has 1 amide bonds. The van der Waals surface area contributed by atoms with Crippen molar-refractivity contribution in [3.8, 4) is 6.07 Å². The molecule has 0 spiro atoms. The third-order valence-corrected chi connectivity index (χ3v) is 5.70. The Balaban J connectivity index is 1.70. The molecule has 0 radical (unpaired) electrons. The Morgan fingerprint density at radius 2 is 1.91 bits per heavy atom. The average molecular weight is 517 g/mol. The highest BCUT2D eigenvalue weighted by Gasteiger charge is 2.32. The molecule has 1 aliphatic carbocycles. The molecule has 3 rings (SSSR count). The average Bonchev–Trinajstić information content (AvgIpc) is 3.00. The second kappa shape index (κ2) is 9.13. The summed E-state index contributed by atoms with van der Waals surface area (Å²) in [5, 5.41) is 15.3. The molecule has 0 unspecified atom stereocenters. The first-order valence-electron chi connectivity index (χ1n) is 10.1. The zero-order valence-electron chi connectivity index (χ0n) is 17.9. The Kier molecular flexibility index (Phi) is 6.88. The van der Waals surface area contributed by atoms with Crippen LogP contribution in [0.3, 0.4) is 0 Å². The zero-order valence-corrected chi connectivity index (χ0v) is 19.5. The number of nitriles is 1. The number of imidazole rings is 1. The number of rotatable bonds is 4. The second-order valence-electron chi connectivity index (χ2n) is 8.74. The van der Waals surface area contributed by atoms with Crippen LogP contribution in [0.1, 0.15) is 52.3 Å². The van der Waals surface area contributed by atoms with E-state index in [1.165, 1.54) is 6.20 Å². The number of hydrogen-bond acceptors (Lipinski definition) is 6. The maximum absolute atomic E-state index is 13.0. The maximum atomic E-state index is 13.0. The van der Waals surface area contributed by atoms with Crippen molar-refractivity contribution in [2.75, 3.05) is 5.32 Å². The Hall–Kier alpha value is -2.55. The molecule has 2 aromatic rings. The monoisotopic (exact) mass is 516 g/mol. The van der Waals surface area contributed by atoms with Crippen molar-refractivity contribution in [2.24, 2.45) is 0 Å². The van der Waals surface area contributed by atoms with Gasteiger partial charge < -0.3 is 19.9 Å². The van der Waals surface area contributed by atoms with Crippen molar-refractivity contribution in [3.63, 3.8) is 0 Å². The van der Waals surface area contributed by atoms with E-state index in [0.29, 0.717) is 10.3 Å². The fourth-order valence-corrected chi connectivity index (χ4v) is 4.29. The Morgan fingerprint density at radius 3 is 2.47 bits per heavy atom. The van der Waals surface area contributed by atoms with Gasteiger partial charge in [0.05, 0.1) is 16.2 Å². The lowest BCUT2D eigenvalue weighted by Gasteiger charge is -2.31. The van der Waals surface area contributed by atoms with Crippen molar-refractivity contribution in [1.29, 1.82) is 5.26 Å². The highest BCUT2D eigenvalue weighted by molar-refractivity contribution is 9.10. The van der Waals surface area contributed by atoms with Gasteiger partial charge in [0, 0.05) is 12.1 Å². The number of nitrogens with one attached hydrogen (secondary N) is 2. The van der Waals surface area contributed by atoms with E-state index in [4.69, 9.17) is 4.74 Å². The quantitative estimate of drug-likeness (QED) is 0.600. The van der Waals surface area contributed by atoms with E-state index in [1.807, 2.05) is 0 Å². The number of carbonyl (C=O) groups excluding carboxylic acids is 1. The summed E-state index contributed by atoms with van der Waals surface area (Å²) in [6.07, 6.45) is -0.686.